The molecule has 0 bridgehead atoms. The maximum absolute atomic E-state index is 6.92. The van der Waals surface area contributed by atoms with Crippen LogP contribution in [0, 0.1) is 0 Å². The molecule has 4 heteroatoms. The molecule has 0 fully saturated rings. The third-order valence-corrected chi connectivity index (χ3v) is 8.55. The van der Waals surface area contributed by atoms with Crippen LogP contribution in [-0.4, -0.2) is 6.71 Å². The largest absolute Gasteiger partial charge is 0.473 e. The fourth-order valence-electron chi connectivity index (χ4n) is 6.87. The minimum absolute atomic E-state index is 0.0719. The Hall–Kier alpha value is -4.18. The van der Waals surface area contributed by atoms with E-state index in [2.05, 4.69) is 114 Å². The standard InChI is InChI=1S/C34H29BN2O/c1-2-23-21-29-32-30(22-23)37(25-15-7-4-8-16-25)33-26-17-9-12-20-31(26)38-34(33)35(32)27-18-10-11-19-28(27)36(29)24-13-5-3-6-14-24/h3-8,10-11,13-16,18-19,21-22H,2,9,12,17,20H2,1H3. The van der Waals surface area contributed by atoms with Crippen LogP contribution in [0.5, 0.6) is 0 Å². The highest BCUT2D eigenvalue weighted by molar-refractivity contribution is 6.99. The zero-order valence-corrected chi connectivity index (χ0v) is 21.7. The molecule has 184 valence electrons. The molecule has 0 amide bonds. The first-order chi connectivity index (χ1) is 18.8. The molecule has 38 heavy (non-hydrogen) atoms. The van der Waals surface area contributed by atoms with Crippen LogP contribution in [0.2, 0.25) is 0 Å². The number of aryl methyl sites for hydroxylation is 2. The predicted octanol–water partition coefficient (Wildman–Crippen LogP) is 6.80. The van der Waals surface area contributed by atoms with E-state index in [1.165, 1.54) is 74.8 Å². The molecule has 1 aromatic heterocycles. The Bertz CT molecular complexity index is 1670. The second-order valence-corrected chi connectivity index (χ2v) is 10.7. The smallest absolute Gasteiger partial charge is 0.297 e. The predicted molar refractivity (Wildman–Crippen MR) is 159 cm³/mol. The van der Waals surface area contributed by atoms with Crippen LogP contribution >= 0.6 is 0 Å². The first-order valence-electron chi connectivity index (χ1n) is 13.9. The SMILES string of the molecule is CCc1cc2c3c(c1)N(c1ccccc1)c1c(oc4c1CCCC4)B3c1ccccc1N2c1ccccc1. The lowest BCUT2D eigenvalue weighted by Crippen LogP contribution is -2.61. The van der Waals surface area contributed by atoms with Crippen LogP contribution in [0.1, 0.15) is 36.7 Å². The zero-order chi connectivity index (χ0) is 25.2. The van der Waals surface area contributed by atoms with Gasteiger partial charge in [-0.05, 0) is 84.6 Å². The number of anilines is 6. The van der Waals surface area contributed by atoms with Crippen LogP contribution < -0.4 is 26.4 Å². The highest BCUT2D eigenvalue weighted by atomic mass is 16.3. The monoisotopic (exact) mass is 492 g/mol. The highest BCUT2D eigenvalue weighted by Gasteiger charge is 2.47. The molecule has 3 nitrogen and oxygen atoms in total. The Labute approximate surface area is 224 Å². The molecule has 2 aliphatic heterocycles. The second kappa shape index (κ2) is 8.42. The molecule has 0 saturated heterocycles. The van der Waals surface area contributed by atoms with E-state index in [1.54, 1.807) is 0 Å². The van der Waals surface area contributed by atoms with Crippen molar-refractivity contribution >= 4 is 57.4 Å². The zero-order valence-electron chi connectivity index (χ0n) is 21.7. The van der Waals surface area contributed by atoms with Crippen molar-refractivity contribution in [3.05, 3.63) is 114 Å². The van der Waals surface area contributed by atoms with Crippen molar-refractivity contribution in [3.8, 4) is 0 Å². The topological polar surface area (TPSA) is 19.6 Å². The Morgan fingerprint density at radius 1 is 0.711 bits per heavy atom. The molecule has 8 rings (SSSR count). The summed E-state index contributed by atoms with van der Waals surface area (Å²) >= 11 is 0. The Morgan fingerprint density at radius 3 is 2.08 bits per heavy atom. The normalized spacial score (nSPS) is 15.0. The molecule has 0 radical (unpaired) electrons. The first kappa shape index (κ1) is 21.9. The van der Waals surface area contributed by atoms with E-state index in [4.69, 9.17) is 4.42 Å². The van der Waals surface area contributed by atoms with Crippen LogP contribution in [0.25, 0.3) is 0 Å². The molecule has 1 aliphatic carbocycles. The fourth-order valence-corrected chi connectivity index (χ4v) is 6.87. The lowest BCUT2D eigenvalue weighted by Gasteiger charge is -2.43. The number of hydrogen-bond acceptors (Lipinski definition) is 3. The van der Waals surface area contributed by atoms with Gasteiger partial charge in [0.05, 0.1) is 11.3 Å². The number of para-hydroxylation sites is 3. The molecule has 0 unspecified atom stereocenters. The Kier molecular flexibility index (Phi) is 4.85. The maximum atomic E-state index is 6.92. The van der Waals surface area contributed by atoms with Crippen LogP contribution in [0.4, 0.5) is 34.1 Å². The first-order valence-corrected chi connectivity index (χ1v) is 13.9. The molecule has 3 aliphatic rings. The van der Waals surface area contributed by atoms with Gasteiger partial charge in [0.1, 0.15) is 5.76 Å². The van der Waals surface area contributed by atoms with Crippen LogP contribution in [0.3, 0.4) is 0 Å². The number of furan rings is 1. The van der Waals surface area contributed by atoms with Gasteiger partial charge in [-0.15, -0.1) is 0 Å². The lowest BCUT2D eigenvalue weighted by molar-refractivity contribution is 0.497. The van der Waals surface area contributed by atoms with Gasteiger partial charge in [-0.3, -0.25) is 0 Å². The highest BCUT2D eigenvalue weighted by Crippen LogP contribution is 2.47. The van der Waals surface area contributed by atoms with Gasteiger partial charge in [0.25, 0.3) is 6.71 Å². The average molecular weight is 492 g/mol. The van der Waals surface area contributed by atoms with E-state index < -0.39 is 0 Å². The molecule has 0 atom stereocenters. The van der Waals surface area contributed by atoms with Gasteiger partial charge in [-0.25, -0.2) is 0 Å². The van der Waals surface area contributed by atoms with Gasteiger partial charge in [0, 0.05) is 40.4 Å². The molecule has 0 N–H and O–H groups in total. The molecule has 0 spiro atoms. The molecule has 0 saturated carbocycles. The number of fused-ring (bicyclic) bond motifs is 6. The summed E-state index contributed by atoms with van der Waals surface area (Å²) in [5, 5.41) is 0. The van der Waals surface area contributed by atoms with E-state index >= 15 is 0 Å². The Balaban J connectivity index is 1.50. The summed E-state index contributed by atoms with van der Waals surface area (Å²) in [5.41, 5.74) is 14.0. The summed E-state index contributed by atoms with van der Waals surface area (Å²) in [5.74, 6) is 1.19. The average Bonchev–Trinajstić information content (AvgIpc) is 3.37. The van der Waals surface area contributed by atoms with Gasteiger partial charge in [-0.2, -0.15) is 0 Å². The summed E-state index contributed by atoms with van der Waals surface area (Å²) in [6, 6.07) is 35.4. The van der Waals surface area contributed by atoms with E-state index in [0.29, 0.717) is 0 Å². The third kappa shape index (κ3) is 3.03. The van der Waals surface area contributed by atoms with Gasteiger partial charge >= 0.3 is 0 Å². The molecule has 5 aromatic rings. The molecule has 3 heterocycles. The van der Waals surface area contributed by atoms with Crippen molar-refractivity contribution in [3.63, 3.8) is 0 Å². The van der Waals surface area contributed by atoms with Crippen molar-refractivity contribution in [1.82, 2.24) is 0 Å². The van der Waals surface area contributed by atoms with Crippen molar-refractivity contribution in [2.24, 2.45) is 0 Å². The van der Waals surface area contributed by atoms with Gasteiger partial charge in [0.2, 0.25) is 0 Å². The quantitative estimate of drug-likeness (QED) is 0.253. The van der Waals surface area contributed by atoms with Crippen molar-refractivity contribution in [2.45, 2.75) is 39.0 Å². The van der Waals surface area contributed by atoms with E-state index in [1.807, 2.05) is 0 Å². The molecular formula is C34H29BN2O. The van der Waals surface area contributed by atoms with Crippen molar-refractivity contribution in [2.75, 3.05) is 9.80 Å². The summed E-state index contributed by atoms with van der Waals surface area (Å²) in [7, 11) is 0. The molecule has 4 aromatic carbocycles. The summed E-state index contributed by atoms with van der Waals surface area (Å²) in [6.45, 7) is 2.33. The third-order valence-electron chi connectivity index (χ3n) is 8.55. The second-order valence-electron chi connectivity index (χ2n) is 10.7. The van der Waals surface area contributed by atoms with Gasteiger partial charge in [-0.1, -0.05) is 61.5 Å². The number of nitrogens with zero attached hydrogens (tertiary/aromatic N) is 2. The summed E-state index contributed by atoms with van der Waals surface area (Å²) in [6.07, 6.45) is 5.51. The minimum Gasteiger partial charge on any atom is -0.473 e. The van der Waals surface area contributed by atoms with Crippen molar-refractivity contribution < 1.29 is 4.42 Å². The Morgan fingerprint density at radius 2 is 1.34 bits per heavy atom. The van der Waals surface area contributed by atoms with E-state index in [0.717, 1.165) is 24.9 Å². The van der Waals surface area contributed by atoms with E-state index in [9.17, 15) is 0 Å². The van der Waals surface area contributed by atoms with E-state index in [-0.39, 0.29) is 6.71 Å². The van der Waals surface area contributed by atoms with Crippen molar-refractivity contribution in [1.29, 1.82) is 0 Å². The minimum atomic E-state index is 0.0719. The summed E-state index contributed by atoms with van der Waals surface area (Å²) < 4.78 is 6.92. The fraction of sp³-hybridized carbons (Fsp3) is 0.176. The van der Waals surface area contributed by atoms with Gasteiger partial charge in [0.15, 0.2) is 0 Å². The maximum Gasteiger partial charge on any atom is 0.297 e. The van der Waals surface area contributed by atoms with Gasteiger partial charge < -0.3 is 14.2 Å². The number of benzene rings is 4. The number of hydrogen-bond donors (Lipinski definition) is 0. The van der Waals surface area contributed by atoms with Crippen LogP contribution in [0.15, 0.2) is 101 Å². The lowest BCUT2D eigenvalue weighted by atomic mass is 9.35. The summed E-state index contributed by atoms with van der Waals surface area (Å²) in [4.78, 5) is 4.97. The van der Waals surface area contributed by atoms with Crippen LogP contribution in [-0.2, 0) is 19.3 Å². The number of rotatable bonds is 3. The molecular weight excluding hydrogens is 463 g/mol.